The Bertz CT molecular complexity index is 960. The van der Waals surface area contributed by atoms with E-state index in [2.05, 4.69) is 0 Å². The number of hydrogen-bond donors (Lipinski definition) is 1. The van der Waals surface area contributed by atoms with Crippen LogP contribution in [0.3, 0.4) is 0 Å². The van der Waals surface area contributed by atoms with Gasteiger partial charge < -0.3 is 9.84 Å². The van der Waals surface area contributed by atoms with E-state index in [0.717, 1.165) is 16.7 Å². The van der Waals surface area contributed by atoms with Crippen molar-refractivity contribution in [1.82, 2.24) is 0 Å². The van der Waals surface area contributed by atoms with Gasteiger partial charge in [0.1, 0.15) is 0 Å². The maximum absolute atomic E-state index is 12.5. The van der Waals surface area contributed by atoms with E-state index in [0.29, 0.717) is 5.56 Å². The predicted octanol–water partition coefficient (Wildman–Crippen LogP) is 5.28. The van der Waals surface area contributed by atoms with Gasteiger partial charge in [0.2, 0.25) is 0 Å². The van der Waals surface area contributed by atoms with E-state index in [9.17, 15) is 14.7 Å². The van der Waals surface area contributed by atoms with Gasteiger partial charge in [0, 0.05) is 5.56 Å². The standard InChI is InChI=1S/C23H20O4/c1-15(2)27-23(26)19-14-13-18(16-9-5-3-6-10-16)20(21(19)22(24)25)17-11-7-4-8-12-17/h3-15H,1-2H3,(H,24,25). The molecule has 0 saturated heterocycles. The van der Waals surface area contributed by atoms with Crippen LogP contribution in [0.15, 0.2) is 72.8 Å². The van der Waals surface area contributed by atoms with E-state index < -0.39 is 11.9 Å². The topological polar surface area (TPSA) is 63.6 Å². The predicted molar refractivity (Wildman–Crippen MR) is 105 cm³/mol. The molecule has 0 heterocycles. The number of ether oxygens (including phenoxy) is 1. The number of aromatic carboxylic acids is 1. The molecule has 0 unspecified atom stereocenters. The maximum Gasteiger partial charge on any atom is 0.339 e. The molecule has 0 fully saturated rings. The smallest absolute Gasteiger partial charge is 0.339 e. The summed E-state index contributed by atoms with van der Waals surface area (Å²) in [5.41, 5.74) is 2.87. The molecule has 0 aliphatic heterocycles. The zero-order valence-corrected chi connectivity index (χ0v) is 15.2. The monoisotopic (exact) mass is 360 g/mol. The molecule has 3 rings (SSSR count). The Kier molecular flexibility index (Phi) is 5.36. The average molecular weight is 360 g/mol. The van der Waals surface area contributed by atoms with E-state index in [-0.39, 0.29) is 17.2 Å². The molecule has 0 radical (unpaired) electrons. The quantitative estimate of drug-likeness (QED) is 0.629. The largest absolute Gasteiger partial charge is 0.478 e. The molecule has 0 amide bonds. The van der Waals surface area contributed by atoms with Gasteiger partial charge in [-0.3, -0.25) is 0 Å². The van der Waals surface area contributed by atoms with Gasteiger partial charge in [-0.15, -0.1) is 0 Å². The lowest BCUT2D eigenvalue weighted by molar-refractivity contribution is 0.0371. The fourth-order valence-corrected chi connectivity index (χ4v) is 3.04. The molecule has 1 N–H and O–H groups in total. The summed E-state index contributed by atoms with van der Waals surface area (Å²) < 4.78 is 5.26. The van der Waals surface area contributed by atoms with E-state index >= 15 is 0 Å². The lowest BCUT2D eigenvalue weighted by Gasteiger charge is -2.17. The van der Waals surface area contributed by atoms with Crippen LogP contribution < -0.4 is 0 Å². The van der Waals surface area contributed by atoms with Crippen molar-refractivity contribution in [1.29, 1.82) is 0 Å². The molecule has 4 nitrogen and oxygen atoms in total. The van der Waals surface area contributed by atoms with Gasteiger partial charge in [-0.05, 0) is 36.6 Å². The first kappa shape index (κ1) is 18.4. The Balaban J connectivity index is 2.33. The summed E-state index contributed by atoms with van der Waals surface area (Å²) in [4.78, 5) is 24.7. The normalized spacial score (nSPS) is 10.6. The highest BCUT2D eigenvalue weighted by atomic mass is 16.5. The minimum absolute atomic E-state index is 0.0480. The minimum atomic E-state index is -1.16. The molecule has 0 aromatic heterocycles. The first-order chi connectivity index (χ1) is 13.0. The van der Waals surface area contributed by atoms with E-state index in [1.807, 2.05) is 60.7 Å². The number of rotatable bonds is 5. The maximum atomic E-state index is 12.5. The number of esters is 1. The van der Waals surface area contributed by atoms with Crippen LogP contribution in [0.5, 0.6) is 0 Å². The summed E-state index contributed by atoms with van der Waals surface area (Å²) in [6, 6.07) is 22.1. The van der Waals surface area contributed by atoms with Crippen molar-refractivity contribution in [2.24, 2.45) is 0 Å². The Morgan fingerprint density at radius 2 is 1.37 bits per heavy atom. The second kappa shape index (κ2) is 7.87. The molecule has 4 heteroatoms. The number of carbonyl (C=O) groups excluding carboxylic acids is 1. The lowest BCUT2D eigenvalue weighted by Crippen LogP contribution is -2.17. The third-order valence-corrected chi connectivity index (χ3v) is 4.13. The van der Waals surface area contributed by atoms with Crippen LogP contribution in [0.1, 0.15) is 34.6 Å². The molecule has 0 bridgehead atoms. The lowest BCUT2D eigenvalue weighted by atomic mass is 9.87. The van der Waals surface area contributed by atoms with Crippen molar-refractivity contribution in [3.8, 4) is 22.3 Å². The Morgan fingerprint density at radius 3 is 1.89 bits per heavy atom. The third-order valence-electron chi connectivity index (χ3n) is 4.13. The number of carboxylic acids is 1. The van der Waals surface area contributed by atoms with Crippen LogP contribution in [0.4, 0.5) is 0 Å². The molecule has 136 valence electrons. The van der Waals surface area contributed by atoms with Gasteiger partial charge in [-0.25, -0.2) is 9.59 Å². The van der Waals surface area contributed by atoms with Crippen molar-refractivity contribution in [2.75, 3.05) is 0 Å². The molecule has 3 aromatic rings. The van der Waals surface area contributed by atoms with E-state index in [1.54, 1.807) is 19.9 Å². The molecule has 0 aliphatic carbocycles. The molecular weight excluding hydrogens is 340 g/mol. The van der Waals surface area contributed by atoms with Crippen molar-refractivity contribution >= 4 is 11.9 Å². The Morgan fingerprint density at radius 1 is 0.815 bits per heavy atom. The number of hydrogen-bond acceptors (Lipinski definition) is 3. The van der Waals surface area contributed by atoms with Crippen LogP contribution in [-0.2, 0) is 4.74 Å². The van der Waals surface area contributed by atoms with Crippen molar-refractivity contribution < 1.29 is 19.4 Å². The Labute approximate surface area is 158 Å². The summed E-state index contributed by atoms with van der Waals surface area (Å²) in [5.74, 6) is -1.80. The minimum Gasteiger partial charge on any atom is -0.478 e. The fraction of sp³-hybridized carbons (Fsp3) is 0.130. The van der Waals surface area contributed by atoms with Crippen LogP contribution in [0, 0.1) is 0 Å². The van der Waals surface area contributed by atoms with Crippen LogP contribution in [0.25, 0.3) is 22.3 Å². The van der Waals surface area contributed by atoms with E-state index in [1.165, 1.54) is 6.07 Å². The molecule has 3 aromatic carbocycles. The molecule has 0 atom stereocenters. The summed E-state index contributed by atoms with van der Waals surface area (Å²) in [6.07, 6.45) is -0.340. The first-order valence-electron chi connectivity index (χ1n) is 8.71. The molecule has 0 spiro atoms. The fourth-order valence-electron chi connectivity index (χ4n) is 3.04. The van der Waals surface area contributed by atoms with Gasteiger partial charge in [-0.1, -0.05) is 66.7 Å². The van der Waals surface area contributed by atoms with Gasteiger partial charge in [0.05, 0.1) is 17.2 Å². The summed E-state index contributed by atoms with van der Waals surface area (Å²) in [5, 5.41) is 9.95. The van der Waals surface area contributed by atoms with Crippen molar-refractivity contribution in [3.05, 3.63) is 83.9 Å². The van der Waals surface area contributed by atoms with Gasteiger partial charge >= 0.3 is 11.9 Å². The molecule has 27 heavy (non-hydrogen) atoms. The van der Waals surface area contributed by atoms with Crippen LogP contribution >= 0.6 is 0 Å². The van der Waals surface area contributed by atoms with E-state index in [4.69, 9.17) is 4.74 Å². The third kappa shape index (κ3) is 3.90. The first-order valence-corrected chi connectivity index (χ1v) is 8.71. The summed E-state index contributed by atoms with van der Waals surface area (Å²) >= 11 is 0. The molecule has 0 aliphatic rings. The molecule has 0 saturated carbocycles. The number of carboxylic acid groups (broad SMARTS) is 1. The van der Waals surface area contributed by atoms with Gasteiger partial charge in [0.15, 0.2) is 0 Å². The highest BCUT2D eigenvalue weighted by Gasteiger charge is 2.26. The SMILES string of the molecule is CC(C)OC(=O)c1ccc(-c2ccccc2)c(-c2ccccc2)c1C(=O)O. The summed E-state index contributed by atoms with van der Waals surface area (Å²) in [7, 11) is 0. The van der Waals surface area contributed by atoms with Crippen LogP contribution in [0.2, 0.25) is 0 Å². The average Bonchev–Trinajstić information content (AvgIpc) is 2.67. The second-order valence-corrected chi connectivity index (χ2v) is 6.40. The van der Waals surface area contributed by atoms with Gasteiger partial charge in [-0.2, -0.15) is 0 Å². The highest BCUT2D eigenvalue weighted by molar-refractivity contribution is 6.10. The van der Waals surface area contributed by atoms with Crippen molar-refractivity contribution in [3.63, 3.8) is 0 Å². The molecular formula is C23H20O4. The van der Waals surface area contributed by atoms with Gasteiger partial charge in [0.25, 0.3) is 0 Å². The zero-order chi connectivity index (χ0) is 19.4. The summed E-state index contributed by atoms with van der Waals surface area (Å²) in [6.45, 7) is 3.46. The highest BCUT2D eigenvalue weighted by Crippen LogP contribution is 2.37. The zero-order valence-electron chi connectivity index (χ0n) is 15.2. The van der Waals surface area contributed by atoms with Crippen molar-refractivity contribution in [2.45, 2.75) is 20.0 Å². The number of benzene rings is 3. The van der Waals surface area contributed by atoms with Crippen LogP contribution in [-0.4, -0.2) is 23.1 Å². The Hall–Kier alpha value is -3.40. The number of carbonyl (C=O) groups is 2. The second-order valence-electron chi connectivity index (χ2n) is 6.40.